The number of thioether (sulfide) groups is 1. The van der Waals surface area contributed by atoms with E-state index in [0.717, 1.165) is 25.3 Å². The van der Waals surface area contributed by atoms with Crippen LogP contribution in [0.15, 0.2) is 34.5 Å². The largest absolute Gasteiger partial charge is 0.302 e. The second kappa shape index (κ2) is 9.31. The molecule has 1 saturated heterocycles. The van der Waals surface area contributed by atoms with Crippen molar-refractivity contribution in [1.29, 1.82) is 0 Å². The molecule has 2 heterocycles. The van der Waals surface area contributed by atoms with Crippen LogP contribution in [0, 0.1) is 5.82 Å². The van der Waals surface area contributed by atoms with Gasteiger partial charge in [0.2, 0.25) is 5.91 Å². The molecule has 1 fully saturated rings. The molecule has 0 unspecified atom stereocenters. The van der Waals surface area contributed by atoms with Gasteiger partial charge in [0.1, 0.15) is 5.82 Å². The summed E-state index contributed by atoms with van der Waals surface area (Å²) in [5, 5.41) is 5.50. The van der Waals surface area contributed by atoms with Crippen LogP contribution in [0.2, 0.25) is 0 Å². The van der Waals surface area contributed by atoms with Crippen molar-refractivity contribution in [3.63, 3.8) is 0 Å². The van der Waals surface area contributed by atoms with Gasteiger partial charge in [-0.15, -0.1) is 23.1 Å². The van der Waals surface area contributed by atoms with Crippen LogP contribution in [0.4, 0.5) is 9.52 Å². The molecular weight excluding hydrogens is 357 g/mol. The summed E-state index contributed by atoms with van der Waals surface area (Å²) in [5.74, 6) is 0.219. The number of aromatic nitrogens is 1. The highest BCUT2D eigenvalue weighted by Gasteiger charge is 2.13. The molecule has 1 aliphatic rings. The van der Waals surface area contributed by atoms with Crippen molar-refractivity contribution in [2.75, 3.05) is 24.2 Å². The zero-order valence-electron chi connectivity index (χ0n) is 14.0. The van der Waals surface area contributed by atoms with Gasteiger partial charge in [-0.3, -0.25) is 9.69 Å². The van der Waals surface area contributed by atoms with Gasteiger partial charge in [0.25, 0.3) is 0 Å². The van der Waals surface area contributed by atoms with E-state index in [9.17, 15) is 9.18 Å². The molecule has 134 valence electrons. The number of halogens is 1. The molecule has 1 amide bonds. The lowest BCUT2D eigenvalue weighted by Crippen LogP contribution is -2.29. The third kappa shape index (κ3) is 5.80. The van der Waals surface area contributed by atoms with Gasteiger partial charge in [0.05, 0.1) is 5.69 Å². The first kappa shape index (κ1) is 18.4. The third-order valence-electron chi connectivity index (χ3n) is 4.06. The van der Waals surface area contributed by atoms with Gasteiger partial charge in [0, 0.05) is 29.0 Å². The summed E-state index contributed by atoms with van der Waals surface area (Å²) < 4.78 is 13.5. The van der Waals surface area contributed by atoms with Crippen LogP contribution in [0.1, 0.15) is 31.4 Å². The average Bonchev–Trinajstić information content (AvgIpc) is 3.04. The van der Waals surface area contributed by atoms with Gasteiger partial charge in [-0.05, 0) is 38.1 Å². The second-order valence-electron chi connectivity index (χ2n) is 6.06. The maximum Gasteiger partial charge on any atom is 0.226 e. The number of rotatable bonds is 7. The summed E-state index contributed by atoms with van der Waals surface area (Å²) >= 11 is 2.82. The van der Waals surface area contributed by atoms with Crippen LogP contribution in [0.25, 0.3) is 0 Å². The Kier molecular flexibility index (Phi) is 6.84. The number of amides is 1. The Morgan fingerprint density at radius 1 is 1.28 bits per heavy atom. The number of anilines is 1. The molecule has 1 aliphatic heterocycles. The molecule has 7 heteroatoms. The highest BCUT2D eigenvalue weighted by molar-refractivity contribution is 7.99. The highest BCUT2D eigenvalue weighted by Crippen LogP contribution is 2.23. The lowest BCUT2D eigenvalue weighted by atomic mass is 10.1. The summed E-state index contributed by atoms with van der Waals surface area (Å²) in [6.45, 7) is 3.12. The number of benzene rings is 1. The number of hydrogen-bond donors (Lipinski definition) is 1. The zero-order chi connectivity index (χ0) is 17.5. The summed E-state index contributed by atoms with van der Waals surface area (Å²) in [7, 11) is 0. The Hall–Kier alpha value is -1.44. The fraction of sp³-hybridized carbons (Fsp3) is 0.444. The molecule has 0 bridgehead atoms. The van der Waals surface area contributed by atoms with E-state index in [-0.39, 0.29) is 11.7 Å². The Morgan fingerprint density at radius 2 is 2.08 bits per heavy atom. The molecule has 0 aliphatic carbocycles. The van der Waals surface area contributed by atoms with Crippen molar-refractivity contribution in [2.24, 2.45) is 0 Å². The topological polar surface area (TPSA) is 45.2 Å². The minimum Gasteiger partial charge on any atom is -0.302 e. The molecule has 1 aromatic carbocycles. The van der Waals surface area contributed by atoms with E-state index in [2.05, 4.69) is 15.2 Å². The van der Waals surface area contributed by atoms with E-state index in [1.807, 2.05) is 5.38 Å². The van der Waals surface area contributed by atoms with Crippen molar-refractivity contribution in [3.05, 3.63) is 41.2 Å². The van der Waals surface area contributed by atoms with Crippen molar-refractivity contribution < 1.29 is 9.18 Å². The molecule has 0 spiro atoms. The summed E-state index contributed by atoms with van der Waals surface area (Å²) in [4.78, 5) is 19.5. The highest BCUT2D eigenvalue weighted by atomic mass is 32.2. The third-order valence-corrected chi connectivity index (χ3v) is 5.91. The van der Waals surface area contributed by atoms with Gasteiger partial charge >= 0.3 is 0 Å². The maximum absolute atomic E-state index is 13.5. The number of piperidine rings is 1. The molecule has 2 aromatic rings. The standard InChI is InChI=1S/C18H22FN3OS2/c19-15-6-2-3-7-16(15)24-11-8-17(23)21-18-20-14(13-25-18)12-22-9-4-1-5-10-22/h2-3,6-7,13H,1,4-5,8-12H2,(H,20,21,23). The van der Waals surface area contributed by atoms with Crippen molar-refractivity contribution in [2.45, 2.75) is 37.1 Å². The SMILES string of the molecule is O=C(CCSc1ccccc1F)Nc1nc(CN2CCCCC2)cs1. The minimum absolute atomic E-state index is 0.0808. The molecule has 4 nitrogen and oxygen atoms in total. The predicted octanol–water partition coefficient (Wildman–Crippen LogP) is 4.39. The molecular formula is C18H22FN3OS2. The number of thiazole rings is 1. The number of nitrogens with one attached hydrogen (secondary N) is 1. The van der Waals surface area contributed by atoms with Crippen molar-refractivity contribution >= 4 is 34.1 Å². The lowest BCUT2D eigenvalue weighted by Gasteiger charge is -2.25. The van der Waals surface area contributed by atoms with Crippen molar-refractivity contribution in [3.8, 4) is 0 Å². The zero-order valence-corrected chi connectivity index (χ0v) is 15.7. The first-order valence-corrected chi connectivity index (χ1v) is 10.4. The average molecular weight is 380 g/mol. The predicted molar refractivity (Wildman–Crippen MR) is 102 cm³/mol. The number of carbonyl (C=O) groups excluding carboxylic acids is 1. The molecule has 1 aromatic heterocycles. The molecule has 3 rings (SSSR count). The Balaban J connectivity index is 1.41. The van der Waals surface area contributed by atoms with Crippen LogP contribution in [-0.2, 0) is 11.3 Å². The lowest BCUT2D eigenvalue weighted by molar-refractivity contribution is -0.115. The molecule has 0 saturated carbocycles. The van der Waals surface area contributed by atoms with Gasteiger partial charge in [-0.2, -0.15) is 0 Å². The first-order valence-electron chi connectivity index (χ1n) is 8.54. The summed E-state index contributed by atoms with van der Waals surface area (Å²) in [6.07, 6.45) is 4.17. The minimum atomic E-state index is -0.241. The van der Waals surface area contributed by atoms with E-state index < -0.39 is 0 Å². The normalized spacial score (nSPS) is 15.2. The second-order valence-corrected chi connectivity index (χ2v) is 8.05. The van der Waals surface area contributed by atoms with E-state index in [1.165, 1.54) is 48.4 Å². The number of hydrogen-bond acceptors (Lipinski definition) is 5. The smallest absolute Gasteiger partial charge is 0.226 e. The first-order chi connectivity index (χ1) is 12.2. The van der Waals surface area contributed by atoms with Crippen LogP contribution < -0.4 is 5.32 Å². The Morgan fingerprint density at radius 3 is 2.88 bits per heavy atom. The van der Waals surface area contributed by atoms with Crippen LogP contribution in [0.3, 0.4) is 0 Å². The van der Waals surface area contributed by atoms with Gasteiger partial charge in [-0.25, -0.2) is 9.37 Å². The van der Waals surface area contributed by atoms with E-state index in [0.29, 0.717) is 22.2 Å². The molecule has 0 atom stereocenters. The monoisotopic (exact) mass is 379 g/mol. The number of likely N-dealkylation sites (tertiary alicyclic amines) is 1. The molecule has 25 heavy (non-hydrogen) atoms. The number of nitrogens with zero attached hydrogens (tertiary/aromatic N) is 2. The summed E-state index contributed by atoms with van der Waals surface area (Å²) in [6, 6.07) is 6.62. The molecule has 0 radical (unpaired) electrons. The maximum atomic E-state index is 13.5. The van der Waals surface area contributed by atoms with E-state index in [4.69, 9.17) is 0 Å². The van der Waals surface area contributed by atoms with E-state index >= 15 is 0 Å². The van der Waals surface area contributed by atoms with Gasteiger partial charge in [0.15, 0.2) is 5.13 Å². The van der Waals surface area contributed by atoms with Crippen LogP contribution in [0.5, 0.6) is 0 Å². The Bertz CT molecular complexity index is 701. The quantitative estimate of drug-likeness (QED) is 0.725. The van der Waals surface area contributed by atoms with E-state index in [1.54, 1.807) is 18.2 Å². The Labute approximate surface area is 155 Å². The van der Waals surface area contributed by atoms with Gasteiger partial charge < -0.3 is 5.32 Å². The van der Waals surface area contributed by atoms with Crippen LogP contribution >= 0.6 is 23.1 Å². The van der Waals surface area contributed by atoms with Gasteiger partial charge in [-0.1, -0.05) is 18.6 Å². The fourth-order valence-electron chi connectivity index (χ4n) is 2.78. The fourth-order valence-corrected chi connectivity index (χ4v) is 4.39. The number of carbonyl (C=O) groups is 1. The summed E-state index contributed by atoms with van der Waals surface area (Å²) in [5.41, 5.74) is 1.02. The van der Waals surface area contributed by atoms with Crippen LogP contribution in [-0.4, -0.2) is 34.6 Å². The van der Waals surface area contributed by atoms with Crippen molar-refractivity contribution in [1.82, 2.24) is 9.88 Å². The molecule has 1 N–H and O–H groups in total.